The van der Waals surface area contributed by atoms with E-state index in [1.807, 2.05) is 7.05 Å². The van der Waals surface area contributed by atoms with Gasteiger partial charge in [-0.3, -0.25) is 0 Å². The number of likely N-dealkylation sites (N-methyl/N-ethyl adjacent to an activating group) is 1. The molecule has 2 N–H and O–H groups in total. The van der Waals surface area contributed by atoms with Gasteiger partial charge in [0.1, 0.15) is 0 Å². The summed E-state index contributed by atoms with van der Waals surface area (Å²) in [5.41, 5.74) is 0.474. The van der Waals surface area contributed by atoms with E-state index in [9.17, 15) is 5.11 Å². The van der Waals surface area contributed by atoms with Crippen LogP contribution >= 0.6 is 0 Å². The topological polar surface area (TPSA) is 32.3 Å². The van der Waals surface area contributed by atoms with Crippen LogP contribution < -0.4 is 5.32 Å². The summed E-state index contributed by atoms with van der Waals surface area (Å²) in [5, 5.41) is 12.7. The zero-order chi connectivity index (χ0) is 9.95. The highest BCUT2D eigenvalue weighted by atomic mass is 16.3. The summed E-state index contributed by atoms with van der Waals surface area (Å²) >= 11 is 0. The first-order valence-corrected chi connectivity index (χ1v) is 5.33. The molecule has 0 heterocycles. The fourth-order valence-electron chi connectivity index (χ4n) is 2.22. The van der Waals surface area contributed by atoms with Crippen molar-refractivity contribution in [2.24, 2.45) is 5.41 Å². The van der Waals surface area contributed by atoms with E-state index >= 15 is 0 Å². The van der Waals surface area contributed by atoms with Gasteiger partial charge in [0.2, 0.25) is 0 Å². The second kappa shape index (κ2) is 3.97. The van der Waals surface area contributed by atoms with Gasteiger partial charge in [-0.2, -0.15) is 0 Å². The molecule has 1 rings (SSSR count). The number of rotatable bonds is 2. The number of hydrogen-bond donors (Lipinski definition) is 2. The summed E-state index contributed by atoms with van der Waals surface area (Å²) in [6, 6.07) is 0. The van der Waals surface area contributed by atoms with Gasteiger partial charge in [0, 0.05) is 5.54 Å². The van der Waals surface area contributed by atoms with E-state index in [4.69, 9.17) is 0 Å². The smallest absolute Gasteiger partial charge is 0.0613 e. The molecule has 1 fully saturated rings. The Bertz CT molecular complexity index is 161. The molecule has 78 valence electrons. The first-order chi connectivity index (χ1) is 6.04. The summed E-state index contributed by atoms with van der Waals surface area (Å²) in [4.78, 5) is 0. The molecule has 0 aromatic carbocycles. The number of hydrogen-bond acceptors (Lipinski definition) is 2. The SMILES string of the molecule is CNC1(CO)CCCC(C)(C)CC1. The Hall–Kier alpha value is -0.0800. The minimum atomic E-state index is 0.00771. The van der Waals surface area contributed by atoms with Gasteiger partial charge in [0.15, 0.2) is 0 Å². The van der Waals surface area contributed by atoms with Gasteiger partial charge in [-0.05, 0) is 38.1 Å². The fraction of sp³-hybridized carbons (Fsp3) is 1.00. The molecule has 1 aliphatic rings. The average molecular weight is 185 g/mol. The lowest BCUT2D eigenvalue weighted by Gasteiger charge is -2.31. The Kier molecular flexibility index (Phi) is 3.36. The van der Waals surface area contributed by atoms with Crippen molar-refractivity contribution in [1.82, 2.24) is 5.32 Å². The molecule has 1 atom stereocenters. The van der Waals surface area contributed by atoms with Crippen molar-refractivity contribution in [3.63, 3.8) is 0 Å². The largest absolute Gasteiger partial charge is 0.394 e. The van der Waals surface area contributed by atoms with Crippen molar-refractivity contribution in [2.75, 3.05) is 13.7 Å². The molecular formula is C11H23NO. The van der Waals surface area contributed by atoms with Crippen LogP contribution in [0, 0.1) is 5.41 Å². The predicted molar refractivity (Wildman–Crippen MR) is 55.7 cm³/mol. The maximum Gasteiger partial charge on any atom is 0.0613 e. The van der Waals surface area contributed by atoms with Crippen LogP contribution in [0.3, 0.4) is 0 Å². The molecule has 0 bridgehead atoms. The van der Waals surface area contributed by atoms with Crippen LogP contribution in [-0.2, 0) is 0 Å². The Morgan fingerprint density at radius 3 is 2.38 bits per heavy atom. The lowest BCUT2D eigenvalue weighted by molar-refractivity contribution is 0.148. The van der Waals surface area contributed by atoms with Crippen molar-refractivity contribution in [3.05, 3.63) is 0 Å². The Morgan fingerprint density at radius 2 is 1.85 bits per heavy atom. The molecule has 0 aromatic heterocycles. The maximum absolute atomic E-state index is 9.37. The van der Waals surface area contributed by atoms with Gasteiger partial charge in [-0.25, -0.2) is 0 Å². The van der Waals surface area contributed by atoms with E-state index in [1.165, 1.54) is 19.3 Å². The van der Waals surface area contributed by atoms with Gasteiger partial charge in [-0.15, -0.1) is 0 Å². The van der Waals surface area contributed by atoms with Gasteiger partial charge in [0.25, 0.3) is 0 Å². The summed E-state index contributed by atoms with van der Waals surface area (Å²) in [5.74, 6) is 0. The van der Waals surface area contributed by atoms with E-state index in [0.29, 0.717) is 5.41 Å². The van der Waals surface area contributed by atoms with E-state index in [0.717, 1.165) is 12.8 Å². The molecule has 0 spiro atoms. The normalized spacial score (nSPS) is 34.2. The van der Waals surface area contributed by atoms with Crippen LogP contribution in [0.1, 0.15) is 46.0 Å². The summed E-state index contributed by atoms with van der Waals surface area (Å²) in [6.45, 7) is 4.94. The molecule has 0 radical (unpaired) electrons. The first-order valence-electron chi connectivity index (χ1n) is 5.33. The monoisotopic (exact) mass is 185 g/mol. The molecule has 1 aliphatic carbocycles. The minimum Gasteiger partial charge on any atom is -0.394 e. The summed E-state index contributed by atoms with van der Waals surface area (Å²) < 4.78 is 0. The van der Waals surface area contributed by atoms with Crippen LogP contribution in [0.25, 0.3) is 0 Å². The number of aliphatic hydroxyl groups is 1. The van der Waals surface area contributed by atoms with Crippen molar-refractivity contribution >= 4 is 0 Å². The molecule has 0 saturated heterocycles. The van der Waals surface area contributed by atoms with Gasteiger partial charge >= 0.3 is 0 Å². The minimum absolute atomic E-state index is 0.00771. The van der Waals surface area contributed by atoms with Crippen molar-refractivity contribution < 1.29 is 5.11 Å². The predicted octanol–water partition coefficient (Wildman–Crippen LogP) is 1.93. The van der Waals surface area contributed by atoms with Gasteiger partial charge < -0.3 is 10.4 Å². The van der Waals surface area contributed by atoms with E-state index in [-0.39, 0.29) is 12.1 Å². The molecule has 0 aliphatic heterocycles. The molecule has 0 amide bonds. The Morgan fingerprint density at radius 1 is 1.15 bits per heavy atom. The van der Waals surface area contributed by atoms with E-state index < -0.39 is 0 Å². The number of nitrogens with one attached hydrogen (secondary N) is 1. The highest BCUT2D eigenvalue weighted by Crippen LogP contribution is 2.37. The third-order valence-corrected chi connectivity index (χ3v) is 3.62. The zero-order valence-corrected chi connectivity index (χ0v) is 9.19. The van der Waals surface area contributed by atoms with Gasteiger partial charge in [0.05, 0.1) is 6.61 Å². The van der Waals surface area contributed by atoms with E-state index in [1.54, 1.807) is 0 Å². The quantitative estimate of drug-likeness (QED) is 0.644. The average Bonchev–Trinajstić information content (AvgIpc) is 2.25. The maximum atomic E-state index is 9.37. The van der Waals surface area contributed by atoms with Gasteiger partial charge in [-0.1, -0.05) is 20.3 Å². The zero-order valence-electron chi connectivity index (χ0n) is 9.19. The highest BCUT2D eigenvalue weighted by molar-refractivity contribution is 4.91. The van der Waals surface area contributed by atoms with Crippen LogP contribution in [0.5, 0.6) is 0 Å². The lowest BCUT2D eigenvalue weighted by atomic mass is 9.84. The van der Waals surface area contributed by atoms with Crippen molar-refractivity contribution in [2.45, 2.75) is 51.5 Å². The van der Waals surface area contributed by atoms with Crippen LogP contribution in [0.4, 0.5) is 0 Å². The van der Waals surface area contributed by atoms with Crippen LogP contribution in [0.15, 0.2) is 0 Å². The first kappa shape index (κ1) is 11.0. The second-order valence-corrected chi connectivity index (χ2v) is 5.21. The summed E-state index contributed by atoms with van der Waals surface area (Å²) in [6.07, 6.45) is 5.95. The molecule has 2 heteroatoms. The molecule has 13 heavy (non-hydrogen) atoms. The Balaban J connectivity index is 2.62. The standard InChI is InChI=1S/C11H23NO/c1-10(2)5-4-6-11(9-13,12-3)8-7-10/h12-13H,4-9H2,1-3H3. The van der Waals surface area contributed by atoms with Crippen LogP contribution in [0.2, 0.25) is 0 Å². The van der Waals surface area contributed by atoms with Crippen molar-refractivity contribution in [3.8, 4) is 0 Å². The molecule has 1 unspecified atom stereocenters. The van der Waals surface area contributed by atoms with E-state index in [2.05, 4.69) is 19.2 Å². The molecule has 0 aromatic rings. The van der Waals surface area contributed by atoms with Crippen LogP contribution in [-0.4, -0.2) is 24.3 Å². The molecular weight excluding hydrogens is 162 g/mol. The third kappa shape index (κ3) is 2.68. The molecule has 1 saturated carbocycles. The third-order valence-electron chi connectivity index (χ3n) is 3.62. The fourth-order valence-corrected chi connectivity index (χ4v) is 2.22. The molecule has 2 nitrogen and oxygen atoms in total. The Labute approximate surface area is 81.7 Å². The van der Waals surface area contributed by atoms with Crippen molar-refractivity contribution in [1.29, 1.82) is 0 Å². The summed E-state index contributed by atoms with van der Waals surface area (Å²) in [7, 11) is 1.97. The number of aliphatic hydroxyl groups excluding tert-OH is 1. The second-order valence-electron chi connectivity index (χ2n) is 5.21. The highest BCUT2D eigenvalue weighted by Gasteiger charge is 2.33. The lowest BCUT2D eigenvalue weighted by Crippen LogP contribution is -2.46.